The minimum atomic E-state index is -0.211. The Morgan fingerprint density at radius 1 is 0.400 bits per heavy atom. The lowest BCUT2D eigenvalue weighted by Gasteiger charge is -2.31. The summed E-state index contributed by atoms with van der Waals surface area (Å²) < 4.78 is 0. The van der Waals surface area contributed by atoms with Crippen molar-refractivity contribution in [3.63, 3.8) is 0 Å². The summed E-state index contributed by atoms with van der Waals surface area (Å²) in [5.74, 6) is 0.0946. The van der Waals surface area contributed by atoms with E-state index in [1.54, 1.807) is 6.07 Å². The number of para-hydroxylation sites is 3. The van der Waals surface area contributed by atoms with Crippen molar-refractivity contribution in [2.45, 2.75) is 38.5 Å². The van der Waals surface area contributed by atoms with Gasteiger partial charge in [-0.05, 0) is 101 Å². The zero-order chi connectivity index (χ0) is 41.9. The summed E-state index contributed by atoms with van der Waals surface area (Å²) in [5, 5.41) is 26.8. The van der Waals surface area contributed by atoms with E-state index in [0.717, 1.165) is 28.4 Å². The quantitative estimate of drug-likeness (QED) is 0.0729. The number of benzene rings is 8. The molecule has 0 heterocycles. The molecule has 0 aliphatic heterocycles. The van der Waals surface area contributed by atoms with Crippen LogP contribution >= 0.6 is 0 Å². The topological polar surface area (TPSA) is 85.0 Å². The summed E-state index contributed by atoms with van der Waals surface area (Å²) in [5.41, 5.74) is 16.8. The highest BCUT2D eigenvalue weighted by atomic mass is 16.3. The maximum Gasteiger partial charge on any atom is 0.163 e. The van der Waals surface area contributed by atoms with Gasteiger partial charge in [0.05, 0.1) is 22.7 Å². The number of nitrogens with zero attached hydrogens (tertiary/aromatic N) is 2. The molecule has 0 radical (unpaired) electrons. The first kappa shape index (κ1) is 39.4. The summed E-state index contributed by atoms with van der Waals surface area (Å²) in [6, 6.07) is 67.2. The minimum Gasteiger partial charge on any atom is -0.504 e. The molecule has 0 saturated heterocycles. The number of rotatable bonds is 12. The average molecular weight is 787 g/mol. The van der Waals surface area contributed by atoms with E-state index in [0.29, 0.717) is 17.1 Å². The molecule has 0 amide bonds. The van der Waals surface area contributed by atoms with Gasteiger partial charge in [0.15, 0.2) is 11.5 Å². The van der Waals surface area contributed by atoms with Gasteiger partial charge in [-0.15, -0.1) is 0 Å². The Hall–Kier alpha value is -7.44. The molecule has 0 saturated carbocycles. The Morgan fingerprint density at radius 2 is 0.800 bits per heavy atom. The molecule has 0 fully saturated rings. The third-order valence-corrected chi connectivity index (χ3v) is 11.6. The van der Waals surface area contributed by atoms with E-state index in [9.17, 15) is 10.2 Å². The van der Waals surface area contributed by atoms with E-state index in [1.807, 2.05) is 102 Å². The number of anilines is 9. The van der Waals surface area contributed by atoms with E-state index in [-0.39, 0.29) is 28.0 Å². The fraction of sp³-hybridized carbons (Fsp3) is 0.111. The van der Waals surface area contributed by atoms with Crippen LogP contribution in [0.1, 0.15) is 49.9 Å². The average Bonchev–Trinajstić information content (AvgIpc) is 3.28. The van der Waals surface area contributed by atoms with Crippen LogP contribution in [0.25, 0.3) is 0 Å². The van der Waals surface area contributed by atoms with Gasteiger partial charge < -0.3 is 31.1 Å². The van der Waals surface area contributed by atoms with Gasteiger partial charge in [0.2, 0.25) is 0 Å². The largest absolute Gasteiger partial charge is 0.504 e. The Bertz CT molecular complexity index is 2600. The lowest BCUT2D eigenvalue weighted by Crippen LogP contribution is -2.19. The van der Waals surface area contributed by atoms with E-state index < -0.39 is 0 Å². The molecular formula is C54H50N4O2. The second-order valence-electron chi connectivity index (χ2n) is 16.1. The molecule has 6 nitrogen and oxygen atoms in total. The fourth-order valence-corrected chi connectivity index (χ4v) is 7.95. The van der Waals surface area contributed by atoms with Crippen LogP contribution in [0.4, 0.5) is 51.2 Å². The van der Waals surface area contributed by atoms with Crippen molar-refractivity contribution in [1.29, 1.82) is 0 Å². The second-order valence-corrected chi connectivity index (χ2v) is 16.1. The van der Waals surface area contributed by atoms with Gasteiger partial charge >= 0.3 is 0 Å². The monoisotopic (exact) mass is 786 g/mol. The van der Waals surface area contributed by atoms with Crippen LogP contribution in [0.3, 0.4) is 0 Å². The molecule has 0 aliphatic rings. The van der Waals surface area contributed by atoms with Crippen molar-refractivity contribution >= 4 is 51.2 Å². The third-order valence-electron chi connectivity index (χ3n) is 11.6. The summed E-state index contributed by atoms with van der Waals surface area (Å²) >= 11 is 0. The summed E-state index contributed by atoms with van der Waals surface area (Å²) in [6.45, 7) is 8.98. The first-order chi connectivity index (χ1) is 29.0. The Kier molecular flexibility index (Phi) is 10.8. The molecule has 0 aromatic heterocycles. The van der Waals surface area contributed by atoms with Crippen molar-refractivity contribution in [3.8, 4) is 11.5 Å². The van der Waals surface area contributed by atoms with Gasteiger partial charge in [0.1, 0.15) is 0 Å². The highest BCUT2D eigenvalue weighted by molar-refractivity contribution is 5.87. The van der Waals surface area contributed by atoms with Crippen molar-refractivity contribution in [3.05, 3.63) is 222 Å². The summed E-state index contributed by atoms with van der Waals surface area (Å²) in [4.78, 5) is 4.07. The molecular weight excluding hydrogens is 737 g/mol. The zero-order valence-corrected chi connectivity index (χ0v) is 34.4. The van der Waals surface area contributed by atoms with Gasteiger partial charge in [-0.3, -0.25) is 0 Å². The lowest BCUT2D eigenvalue weighted by molar-refractivity contribution is 0.478. The molecule has 6 heteroatoms. The predicted molar refractivity (Wildman–Crippen MR) is 250 cm³/mol. The van der Waals surface area contributed by atoms with Crippen molar-refractivity contribution in [1.82, 2.24) is 0 Å². The van der Waals surface area contributed by atoms with Crippen LogP contribution in [-0.2, 0) is 10.8 Å². The highest BCUT2D eigenvalue weighted by Gasteiger charge is 2.26. The standard InChI is InChI=1S/C54H50N4O2/c1-53(2,38-17-8-5-9-18-38)40-29-33-44(34-30-40)57(45-35-31-41(32-36-45)54(3,4)39-19-10-6-11-20-39)50-28-16-26-48(52(50)60)56-42-21-14-24-46(37-42)58(43-22-12-7-13-23-43)49-27-15-25-47(55)51(49)59/h5-37,56,59-60H,55H2,1-4H3. The molecule has 0 aliphatic carbocycles. The number of nitrogens with two attached hydrogens (primary N) is 1. The Balaban J connectivity index is 1.18. The van der Waals surface area contributed by atoms with Crippen LogP contribution in [0.2, 0.25) is 0 Å². The van der Waals surface area contributed by atoms with E-state index in [2.05, 4.69) is 135 Å². The number of phenols is 2. The SMILES string of the molecule is CC(C)(c1ccccc1)c1ccc(N(c2ccc(C(C)(C)c3ccccc3)cc2)c2cccc(Nc3cccc(N(c4ccccc4)c4cccc(N)c4O)c3)c2O)cc1. The van der Waals surface area contributed by atoms with Crippen molar-refractivity contribution in [2.75, 3.05) is 20.9 Å². The smallest absolute Gasteiger partial charge is 0.163 e. The first-order valence-corrected chi connectivity index (χ1v) is 20.3. The molecule has 298 valence electrons. The van der Waals surface area contributed by atoms with E-state index in [4.69, 9.17) is 5.73 Å². The van der Waals surface area contributed by atoms with Crippen LogP contribution in [0, 0.1) is 0 Å². The molecule has 5 N–H and O–H groups in total. The first-order valence-electron chi connectivity index (χ1n) is 20.3. The normalized spacial score (nSPS) is 11.5. The molecule has 8 aromatic carbocycles. The lowest BCUT2D eigenvalue weighted by atomic mass is 9.78. The molecule has 0 spiro atoms. The van der Waals surface area contributed by atoms with Crippen LogP contribution in [0.5, 0.6) is 11.5 Å². The second kappa shape index (κ2) is 16.4. The molecule has 0 bridgehead atoms. The van der Waals surface area contributed by atoms with Crippen molar-refractivity contribution < 1.29 is 10.2 Å². The van der Waals surface area contributed by atoms with E-state index >= 15 is 0 Å². The van der Waals surface area contributed by atoms with Crippen LogP contribution in [0.15, 0.2) is 200 Å². The minimum absolute atomic E-state index is 0.00141. The number of hydrogen-bond donors (Lipinski definition) is 4. The highest BCUT2D eigenvalue weighted by Crippen LogP contribution is 2.47. The van der Waals surface area contributed by atoms with Gasteiger partial charge in [-0.1, -0.05) is 149 Å². The number of phenolic OH excluding ortho intramolecular Hbond substituents is 2. The Labute approximate surface area is 353 Å². The fourth-order valence-electron chi connectivity index (χ4n) is 7.95. The van der Waals surface area contributed by atoms with Crippen molar-refractivity contribution in [2.24, 2.45) is 0 Å². The maximum absolute atomic E-state index is 12.2. The number of nitrogen functional groups attached to an aromatic ring is 1. The molecule has 0 atom stereocenters. The van der Waals surface area contributed by atoms with Gasteiger partial charge in [0, 0.05) is 39.3 Å². The maximum atomic E-state index is 12.2. The van der Waals surface area contributed by atoms with Crippen LogP contribution < -0.4 is 20.9 Å². The zero-order valence-electron chi connectivity index (χ0n) is 34.4. The Morgan fingerprint density at radius 3 is 1.33 bits per heavy atom. The molecule has 60 heavy (non-hydrogen) atoms. The number of hydrogen-bond acceptors (Lipinski definition) is 6. The number of aromatic hydroxyl groups is 2. The van der Waals surface area contributed by atoms with Gasteiger partial charge in [0.25, 0.3) is 0 Å². The summed E-state index contributed by atoms with van der Waals surface area (Å²) in [7, 11) is 0. The summed E-state index contributed by atoms with van der Waals surface area (Å²) in [6.07, 6.45) is 0. The molecule has 8 rings (SSSR count). The molecule has 8 aromatic rings. The molecule has 0 unspecified atom stereocenters. The predicted octanol–water partition coefficient (Wildman–Crippen LogP) is 14.0. The van der Waals surface area contributed by atoms with E-state index in [1.165, 1.54) is 22.3 Å². The van der Waals surface area contributed by atoms with Gasteiger partial charge in [-0.25, -0.2) is 0 Å². The number of nitrogens with one attached hydrogen (secondary N) is 1. The third kappa shape index (κ3) is 7.75. The van der Waals surface area contributed by atoms with Gasteiger partial charge in [-0.2, -0.15) is 0 Å². The van der Waals surface area contributed by atoms with Crippen LogP contribution in [-0.4, -0.2) is 10.2 Å².